The predicted molar refractivity (Wildman–Crippen MR) is 112 cm³/mol. The maximum absolute atomic E-state index is 11.5. The van der Waals surface area contributed by atoms with E-state index in [1.54, 1.807) is 17.5 Å². The summed E-state index contributed by atoms with van der Waals surface area (Å²) in [6.07, 6.45) is 5.59. The van der Waals surface area contributed by atoms with Gasteiger partial charge in [0.1, 0.15) is 5.01 Å². The van der Waals surface area contributed by atoms with Crippen molar-refractivity contribution in [3.05, 3.63) is 74.8 Å². The second kappa shape index (κ2) is 7.53. The Kier molecular flexibility index (Phi) is 4.93. The van der Waals surface area contributed by atoms with Crippen molar-refractivity contribution in [2.24, 2.45) is 0 Å². The zero-order valence-corrected chi connectivity index (χ0v) is 16.9. The highest BCUT2D eigenvalue weighted by Crippen LogP contribution is 2.29. The molecule has 28 heavy (non-hydrogen) atoms. The van der Waals surface area contributed by atoms with Crippen LogP contribution in [0.4, 0.5) is 0 Å². The summed E-state index contributed by atoms with van der Waals surface area (Å²) in [5, 5.41) is 15.0. The van der Waals surface area contributed by atoms with Gasteiger partial charge in [0.2, 0.25) is 0 Å². The van der Waals surface area contributed by atoms with E-state index in [4.69, 9.17) is 0 Å². The number of carboxylic acids is 1. The molecule has 0 unspecified atom stereocenters. The summed E-state index contributed by atoms with van der Waals surface area (Å²) in [5.74, 6) is -1.21. The van der Waals surface area contributed by atoms with Gasteiger partial charge in [-0.05, 0) is 31.6 Å². The molecule has 140 valence electrons. The Hall–Kier alpha value is -3.03. The van der Waals surface area contributed by atoms with Crippen LogP contribution in [-0.4, -0.2) is 20.5 Å². The lowest BCUT2D eigenvalue weighted by molar-refractivity contribution is -0.254. The summed E-state index contributed by atoms with van der Waals surface area (Å²) < 4.78 is 2.11. The number of benzene rings is 1. The van der Waals surface area contributed by atoms with Crippen molar-refractivity contribution in [1.29, 1.82) is 0 Å². The summed E-state index contributed by atoms with van der Waals surface area (Å²) in [5.41, 5.74) is 4.41. The normalized spacial score (nSPS) is 11.4. The molecule has 0 bridgehead atoms. The largest absolute Gasteiger partial charge is 0.544 e. The van der Waals surface area contributed by atoms with E-state index < -0.39 is 5.97 Å². The van der Waals surface area contributed by atoms with Crippen molar-refractivity contribution in [2.75, 3.05) is 0 Å². The third-order valence-corrected chi connectivity index (χ3v) is 6.12. The highest BCUT2D eigenvalue weighted by molar-refractivity contribution is 7.15. The van der Waals surface area contributed by atoms with E-state index in [1.807, 2.05) is 61.7 Å². The molecule has 0 aliphatic rings. The Morgan fingerprint density at radius 2 is 1.96 bits per heavy atom. The summed E-state index contributed by atoms with van der Waals surface area (Å²) in [6, 6.07) is 11.4. The van der Waals surface area contributed by atoms with E-state index in [-0.39, 0.29) is 4.88 Å². The number of rotatable bonds is 5. The predicted octanol–water partition coefficient (Wildman–Crippen LogP) is 4.21. The Morgan fingerprint density at radius 3 is 2.64 bits per heavy atom. The Morgan fingerprint density at radius 1 is 1.18 bits per heavy atom. The fourth-order valence-corrected chi connectivity index (χ4v) is 4.65. The molecule has 7 heteroatoms. The van der Waals surface area contributed by atoms with E-state index in [0.29, 0.717) is 10.7 Å². The molecule has 3 heterocycles. The van der Waals surface area contributed by atoms with Crippen LogP contribution in [0.3, 0.4) is 0 Å². The average molecular weight is 407 g/mol. The van der Waals surface area contributed by atoms with Crippen LogP contribution in [0.15, 0.2) is 48.0 Å². The quantitative estimate of drug-likeness (QED) is 0.498. The summed E-state index contributed by atoms with van der Waals surface area (Å²) in [7, 11) is 0. The molecule has 0 saturated carbocycles. The van der Waals surface area contributed by atoms with Crippen LogP contribution in [0, 0.1) is 13.8 Å². The average Bonchev–Trinajstić information content (AvgIpc) is 3.40. The SMILES string of the molecule is Cc1cc(/C=C/c2nc(-c3ccccc3)c(C(=O)[O-])s2)c(C)n1-c1nccs1. The second-order valence-corrected chi connectivity index (χ2v) is 8.10. The van der Waals surface area contributed by atoms with Crippen LogP contribution in [0.2, 0.25) is 0 Å². The molecule has 1 aromatic carbocycles. The molecule has 0 fully saturated rings. The first-order chi connectivity index (χ1) is 13.5. The number of carboxylic acid groups (broad SMARTS) is 1. The van der Waals surface area contributed by atoms with Crippen molar-refractivity contribution < 1.29 is 9.90 Å². The fraction of sp³-hybridized carbons (Fsp3) is 0.0952. The molecule has 4 rings (SSSR count). The zero-order chi connectivity index (χ0) is 19.7. The minimum atomic E-state index is -1.21. The lowest BCUT2D eigenvalue weighted by Crippen LogP contribution is -2.21. The highest BCUT2D eigenvalue weighted by Gasteiger charge is 2.14. The van der Waals surface area contributed by atoms with Gasteiger partial charge in [0.25, 0.3) is 0 Å². The van der Waals surface area contributed by atoms with Gasteiger partial charge >= 0.3 is 0 Å². The van der Waals surface area contributed by atoms with E-state index in [2.05, 4.69) is 20.6 Å². The lowest BCUT2D eigenvalue weighted by Gasteiger charge is -2.04. The fourth-order valence-electron chi connectivity index (χ4n) is 3.08. The molecule has 0 spiro atoms. The number of carbonyl (C=O) groups is 1. The number of aromatic nitrogens is 3. The Bertz CT molecular complexity index is 1160. The molecule has 0 amide bonds. The highest BCUT2D eigenvalue weighted by atomic mass is 32.1. The molecular formula is C21H16N3O2S2-. The molecule has 0 aliphatic carbocycles. The third kappa shape index (κ3) is 3.42. The van der Waals surface area contributed by atoms with Gasteiger partial charge in [-0.15, -0.1) is 22.7 Å². The topological polar surface area (TPSA) is 70.8 Å². The van der Waals surface area contributed by atoms with Gasteiger partial charge in [-0.2, -0.15) is 0 Å². The molecule has 0 aliphatic heterocycles. The smallest absolute Gasteiger partial charge is 0.193 e. The standard InChI is InChI=1S/C21H17N3O2S2/c1-13-12-16(14(2)24(13)21-22-10-11-27-21)8-9-17-23-18(19(28-17)20(25)26)15-6-4-3-5-7-15/h3-12H,1-2H3,(H,25,26)/p-1/b9-8+. The van der Waals surface area contributed by atoms with Crippen LogP contribution in [-0.2, 0) is 0 Å². The van der Waals surface area contributed by atoms with Crippen molar-refractivity contribution in [2.45, 2.75) is 13.8 Å². The van der Waals surface area contributed by atoms with E-state index in [0.717, 1.165) is 39.0 Å². The van der Waals surface area contributed by atoms with Crippen LogP contribution < -0.4 is 5.11 Å². The van der Waals surface area contributed by atoms with Crippen LogP contribution >= 0.6 is 22.7 Å². The molecule has 4 aromatic rings. The summed E-state index contributed by atoms with van der Waals surface area (Å²) in [6.45, 7) is 4.08. The molecule has 0 radical (unpaired) electrons. The molecule has 5 nitrogen and oxygen atoms in total. The minimum absolute atomic E-state index is 0.138. The molecule has 3 aromatic heterocycles. The van der Waals surface area contributed by atoms with Gasteiger partial charge in [-0.3, -0.25) is 4.57 Å². The second-order valence-electron chi connectivity index (χ2n) is 6.19. The first-order valence-electron chi connectivity index (χ1n) is 8.59. The first kappa shape index (κ1) is 18.3. The Labute approximate surface area is 170 Å². The first-order valence-corrected chi connectivity index (χ1v) is 10.3. The van der Waals surface area contributed by atoms with Crippen molar-refractivity contribution in [3.63, 3.8) is 0 Å². The van der Waals surface area contributed by atoms with E-state index >= 15 is 0 Å². The van der Waals surface area contributed by atoms with Gasteiger partial charge < -0.3 is 9.90 Å². The maximum atomic E-state index is 11.5. The lowest BCUT2D eigenvalue weighted by atomic mass is 10.1. The van der Waals surface area contributed by atoms with E-state index in [1.165, 1.54) is 0 Å². The molecule has 0 saturated heterocycles. The summed E-state index contributed by atoms with van der Waals surface area (Å²) in [4.78, 5) is 20.6. The number of hydrogen-bond acceptors (Lipinski definition) is 6. The van der Waals surface area contributed by atoms with Gasteiger partial charge in [0, 0.05) is 28.5 Å². The molecular weight excluding hydrogens is 390 g/mol. The number of aryl methyl sites for hydroxylation is 1. The van der Waals surface area contributed by atoms with Gasteiger partial charge in [-0.1, -0.05) is 36.4 Å². The molecule has 0 N–H and O–H groups in total. The third-order valence-electron chi connectivity index (χ3n) is 4.36. The minimum Gasteiger partial charge on any atom is -0.544 e. The van der Waals surface area contributed by atoms with Gasteiger partial charge in [-0.25, -0.2) is 9.97 Å². The summed E-state index contributed by atoms with van der Waals surface area (Å²) >= 11 is 2.70. The number of aromatic carboxylic acids is 1. The maximum Gasteiger partial charge on any atom is 0.193 e. The molecule has 0 atom stereocenters. The number of nitrogens with zero attached hydrogens (tertiary/aromatic N) is 3. The van der Waals surface area contributed by atoms with Crippen LogP contribution in [0.25, 0.3) is 28.5 Å². The number of thiazole rings is 2. The monoisotopic (exact) mass is 406 g/mol. The van der Waals surface area contributed by atoms with Gasteiger partial charge in [0.15, 0.2) is 5.13 Å². The Balaban J connectivity index is 1.70. The van der Waals surface area contributed by atoms with Crippen LogP contribution in [0.5, 0.6) is 0 Å². The van der Waals surface area contributed by atoms with Crippen molar-refractivity contribution in [3.8, 4) is 16.4 Å². The van der Waals surface area contributed by atoms with Crippen molar-refractivity contribution >= 4 is 40.8 Å². The zero-order valence-electron chi connectivity index (χ0n) is 15.2. The van der Waals surface area contributed by atoms with Crippen molar-refractivity contribution in [1.82, 2.24) is 14.5 Å². The van der Waals surface area contributed by atoms with Gasteiger partial charge in [0.05, 0.1) is 16.5 Å². The van der Waals surface area contributed by atoms with E-state index in [9.17, 15) is 9.90 Å². The number of carbonyl (C=O) groups excluding carboxylic acids is 1. The van der Waals surface area contributed by atoms with Crippen LogP contribution in [0.1, 0.15) is 31.6 Å². The number of hydrogen-bond donors (Lipinski definition) is 0.